The first-order valence-corrected chi connectivity index (χ1v) is 10.8. The van der Waals surface area contributed by atoms with E-state index in [1.54, 1.807) is 16.2 Å². The first-order valence-electron chi connectivity index (χ1n) is 8.04. The molecule has 27 heavy (non-hydrogen) atoms. The molecule has 1 aromatic heterocycles. The number of benzene rings is 1. The molecular formula is C16H16ClN3O5S2. The molecule has 3 rings (SSSR count). The average Bonchev–Trinajstić information content (AvgIpc) is 3.08. The predicted octanol–water partition coefficient (Wildman–Crippen LogP) is 2.56. The molecule has 0 spiro atoms. The molecule has 1 N–H and O–H groups in total. The summed E-state index contributed by atoms with van der Waals surface area (Å²) in [6.07, 6.45) is 0.765. The molecule has 144 valence electrons. The van der Waals surface area contributed by atoms with Gasteiger partial charge in [-0.05, 0) is 35.6 Å². The van der Waals surface area contributed by atoms with Gasteiger partial charge in [-0.15, -0.1) is 11.3 Å². The number of rotatable bonds is 6. The molecule has 0 radical (unpaired) electrons. The molecular weight excluding hydrogens is 414 g/mol. The summed E-state index contributed by atoms with van der Waals surface area (Å²) in [7, 11) is -4.14. The van der Waals surface area contributed by atoms with Crippen LogP contribution in [0.1, 0.15) is 16.9 Å². The van der Waals surface area contributed by atoms with Crippen molar-refractivity contribution in [2.24, 2.45) is 0 Å². The fourth-order valence-corrected chi connectivity index (χ4v) is 5.09. The lowest BCUT2D eigenvalue weighted by atomic mass is 10.1. The minimum absolute atomic E-state index is 0.0277. The number of hydrogen-bond donors (Lipinski definition) is 1. The highest BCUT2D eigenvalue weighted by Gasteiger charge is 2.27. The van der Waals surface area contributed by atoms with Crippen molar-refractivity contribution in [2.45, 2.75) is 24.3 Å². The van der Waals surface area contributed by atoms with Crippen molar-refractivity contribution in [1.82, 2.24) is 9.62 Å². The number of hydrogen-bond acceptors (Lipinski definition) is 6. The van der Waals surface area contributed by atoms with Gasteiger partial charge in [0.05, 0.1) is 4.92 Å². The lowest BCUT2D eigenvalue weighted by Gasteiger charge is -2.27. The van der Waals surface area contributed by atoms with E-state index < -0.39 is 25.5 Å². The van der Waals surface area contributed by atoms with E-state index >= 15 is 0 Å². The van der Waals surface area contributed by atoms with Crippen molar-refractivity contribution < 1.29 is 18.1 Å². The molecule has 0 aliphatic carbocycles. The Labute approximate surface area is 165 Å². The van der Waals surface area contributed by atoms with Crippen LogP contribution in [0.3, 0.4) is 0 Å². The van der Waals surface area contributed by atoms with Crippen LogP contribution in [-0.2, 0) is 27.8 Å². The van der Waals surface area contributed by atoms with Gasteiger partial charge in [0, 0.05) is 42.0 Å². The number of thiophene rings is 1. The highest BCUT2D eigenvalue weighted by Crippen LogP contribution is 2.27. The number of halogens is 1. The molecule has 1 aromatic carbocycles. The largest absolute Gasteiger partial charge is 0.338 e. The molecule has 2 heterocycles. The quantitative estimate of drug-likeness (QED) is 0.560. The summed E-state index contributed by atoms with van der Waals surface area (Å²) in [5.41, 5.74) is 0.513. The van der Waals surface area contributed by atoms with Crippen molar-refractivity contribution in [3.63, 3.8) is 0 Å². The van der Waals surface area contributed by atoms with Gasteiger partial charge in [-0.3, -0.25) is 14.9 Å². The van der Waals surface area contributed by atoms with Crippen LogP contribution in [0.15, 0.2) is 34.5 Å². The van der Waals surface area contributed by atoms with E-state index in [9.17, 15) is 23.3 Å². The lowest BCUT2D eigenvalue weighted by molar-refractivity contribution is -0.387. The standard InChI is InChI=1S/C16H16ClN3O5S2/c17-12-1-2-15(13(9-12)20(22)23)27(24,25)18-6-3-16(21)19-7-4-14-11(10-19)5-8-26-14/h1-2,5,8-9,18H,3-4,6-7,10H2. The number of nitro groups is 1. The van der Waals surface area contributed by atoms with E-state index in [4.69, 9.17) is 11.6 Å². The summed E-state index contributed by atoms with van der Waals surface area (Å²) in [5, 5.41) is 13.1. The van der Waals surface area contributed by atoms with Crippen LogP contribution in [0.4, 0.5) is 5.69 Å². The third-order valence-electron chi connectivity index (χ3n) is 4.20. The molecule has 1 amide bonds. The molecule has 0 atom stereocenters. The Kier molecular flexibility index (Phi) is 5.80. The Morgan fingerprint density at radius 3 is 2.89 bits per heavy atom. The van der Waals surface area contributed by atoms with E-state index in [2.05, 4.69) is 4.72 Å². The van der Waals surface area contributed by atoms with E-state index in [0.29, 0.717) is 13.1 Å². The maximum absolute atomic E-state index is 12.4. The summed E-state index contributed by atoms with van der Waals surface area (Å²) in [4.78, 5) is 25.1. The predicted molar refractivity (Wildman–Crippen MR) is 101 cm³/mol. The number of nitrogens with one attached hydrogen (secondary N) is 1. The zero-order chi connectivity index (χ0) is 19.6. The van der Waals surface area contributed by atoms with Gasteiger partial charge in [-0.2, -0.15) is 0 Å². The second-order valence-electron chi connectivity index (χ2n) is 5.95. The smallest absolute Gasteiger partial charge is 0.290 e. The summed E-state index contributed by atoms with van der Waals surface area (Å²) < 4.78 is 27.0. The van der Waals surface area contributed by atoms with Gasteiger partial charge in [-0.25, -0.2) is 13.1 Å². The highest BCUT2D eigenvalue weighted by atomic mass is 35.5. The third-order valence-corrected chi connectivity index (χ3v) is 6.97. The maximum atomic E-state index is 12.4. The van der Waals surface area contributed by atoms with Crippen molar-refractivity contribution in [2.75, 3.05) is 13.1 Å². The number of sulfonamides is 1. The van der Waals surface area contributed by atoms with Crippen molar-refractivity contribution in [3.8, 4) is 0 Å². The number of amides is 1. The maximum Gasteiger partial charge on any atom is 0.290 e. The fourth-order valence-electron chi connectivity index (χ4n) is 2.85. The van der Waals surface area contributed by atoms with Crippen molar-refractivity contribution in [3.05, 3.63) is 55.2 Å². The first-order chi connectivity index (χ1) is 12.8. The van der Waals surface area contributed by atoms with Gasteiger partial charge >= 0.3 is 0 Å². The monoisotopic (exact) mass is 429 g/mol. The van der Waals surface area contributed by atoms with Gasteiger partial charge < -0.3 is 4.90 Å². The van der Waals surface area contributed by atoms with Crippen LogP contribution in [0.25, 0.3) is 0 Å². The second-order valence-corrected chi connectivity index (χ2v) is 9.12. The number of fused-ring (bicyclic) bond motifs is 1. The Balaban J connectivity index is 1.62. The van der Waals surface area contributed by atoms with Gasteiger partial charge in [0.1, 0.15) is 0 Å². The third kappa shape index (κ3) is 4.46. The SMILES string of the molecule is O=C(CCNS(=O)(=O)c1ccc(Cl)cc1[N+](=O)[O-])N1CCc2sccc2C1. The van der Waals surface area contributed by atoms with Gasteiger partial charge in [0.15, 0.2) is 4.90 Å². The molecule has 0 saturated heterocycles. The van der Waals surface area contributed by atoms with Crippen LogP contribution in [0.2, 0.25) is 5.02 Å². The summed E-state index contributed by atoms with van der Waals surface area (Å²) in [5.74, 6) is -0.167. The minimum Gasteiger partial charge on any atom is -0.338 e. The van der Waals surface area contributed by atoms with Crippen molar-refractivity contribution >= 4 is 44.6 Å². The second kappa shape index (κ2) is 7.93. The number of carbonyl (C=O) groups excluding carboxylic acids is 1. The number of carbonyl (C=O) groups is 1. The van der Waals surface area contributed by atoms with Crippen LogP contribution in [-0.4, -0.2) is 37.2 Å². The number of nitro benzene ring substituents is 1. The molecule has 1 aliphatic rings. The topological polar surface area (TPSA) is 110 Å². The van der Waals surface area contributed by atoms with Gasteiger partial charge in [0.2, 0.25) is 15.9 Å². The molecule has 0 saturated carbocycles. The van der Waals surface area contributed by atoms with E-state index in [1.807, 2.05) is 11.4 Å². The lowest BCUT2D eigenvalue weighted by Crippen LogP contribution is -2.37. The van der Waals surface area contributed by atoms with E-state index in [0.717, 1.165) is 24.1 Å². The minimum atomic E-state index is -4.14. The van der Waals surface area contributed by atoms with E-state index in [-0.39, 0.29) is 23.9 Å². The molecule has 2 aromatic rings. The van der Waals surface area contributed by atoms with Crippen LogP contribution in [0, 0.1) is 10.1 Å². The molecule has 0 fully saturated rings. The Morgan fingerprint density at radius 2 is 2.15 bits per heavy atom. The van der Waals surface area contributed by atoms with Crippen LogP contribution >= 0.6 is 22.9 Å². The Morgan fingerprint density at radius 1 is 1.37 bits per heavy atom. The highest BCUT2D eigenvalue weighted by molar-refractivity contribution is 7.89. The summed E-state index contributed by atoms with van der Waals surface area (Å²) in [6.45, 7) is 0.975. The Bertz CT molecular complexity index is 990. The van der Waals surface area contributed by atoms with Gasteiger partial charge in [-0.1, -0.05) is 11.6 Å². The molecule has 1 aliphatic heterocycles. The number of nitrogens with zero attached hydrogens (tertiary/aromatic N) is 2. The summed E-state index contributed by atoms with van der Waals surface area (Å²) in [6, 6.07) is 5.31. The Hall–Kier alpha value is -2.01. The molecule has 0 unspecified atom stereocenters. The molecule has 8 nitrogen and oxygen atoms in total. The molecule has 0 bridgehead atoms. The average molecular weight is 430 g/mol. The zero-order valence-corrected chi connectivity index (χ0v) is 16.4. The van der Waals surface area contributed by atoms with Crippen LogP contribution < -0.4 is 4.72 Å². The summed E-state index contributed by atoms with van der Waals surface area (Å²) >= 11 is 7.37. The zero-order valence-electron chi connectivity index (χ0n) is 14.1. The van der Waals surface area contributed by atoms with Crippen LogP contribution in [0.5, 0.6) is 0 Å². The van der Waals surface area contributed by atoms with Gasteiger partial charge in [0.25, 0.3) is 5.69 Å². The van der Waals surface area contributed by atoms with Crippen molar-refractivity contribution in [1.29, 1.82) is 0 Å². The van der Waals surface area contributed by atoms with E-state index in [1.165, 1.54) is 10.9 Å². The molecule has 11 heteroatoms. The normalized spacial score (nSPS) is 14.0. The fraction of sp³-hybridized carbons (Fsp3) is 0.312. The first kappa shape index (κ1) is 19.7.